The summed E-state index contributed by atoms with van der Waals surface area (Å²) in [5.74, 6) is -4.16. The number of pyridine rings is 1. The number of piperidine rings is 2. The molecule has 4 heterocycles. The lowest BCUT2D eigenvalue weighted by molar-refractivity contribution is -0.140. The molecule has 1 saturated carbocycles. The number of anilines is 3. The van der Waals surface area contributed by atoms with Gasteiger partial charge in [-0.05, 0) is 62.4 Å². The predicted octanol–water partition coefficient (Wildman–Crippen LogP) is 4.14. The van der Waals surface area contributed by atoms with Crippen molar-refractivity contribution < 1.29 is 31.1 Å². The molecule has 1 aliphatic carbocycles. The van der Waals surface area contributed by atoms with Crippen LogP contribution in [0.5, 0.6) is 0 Å². The number of esters is 1. The van der Waals surface area contributed by atoms with Crippen LogP contribution in [0.3, 0.4) is 0 Å². The number of carbonyl (C=O) groups excluding carboxylic acids is 1. The molecule has 230 valence electrons. The SMILES string of the molecule is COC(=O)C1(S(=O)(=O)Nc2ccc(-n3cc(-c4ccc(F)c(N5CCC(F)(F)CC5)n4)nn3)c(N3CCCCC3)c2)CC1. The Morgan fingerprint density at radius 1 is 0.930 bits per heavy atom. The Balaban J connectivity index is 1.30. The summed E-state index contributed by atoms with van der Waals surface area (Å²) in [5.41, 5.74) is 2.35. The quantitative estimate of drug-likeness (QED) is 0.371. The first kappa shape index (κ1) is 29.2. The zero-order valence-electron chi connectivity index (χ0n) is 23.6. The van der Waals surface area contributed by atoms with Crippen LogP contribution in [0.25, 0.3) is 17.1 Å². The van der Waals surface area contributed by atoms with E-state index < -0.39 is 32.5 Å². The number of alkyl halides is 2. The summed E-state index contributed by atoms with van der Waals surface area (Å²) in [5, 5.41) is 8.53. The molecular weight excluding hydrogens is 587 g/mol. The number of carbonyl (C=O) groups is 1. The third kappa shape index (κ3) is 5.61. The van der Waals surface area contributed by atoms with E-state index in [2.05, 4.69) is 24.9 Å². The molecule has 15 heteroatoms. The number of hydrogen-bond donors (Lipinski definition) is 1. The van der Waals surface area contributed by atoms with E-state index in [9.17, 15) is 26.4 Å². The van der Waals surface area contributed by atoms with Gasteiger partial charge in [0.25, 0.3) is 5.92 Å². The molecule has 0 radical (unpaired) electrons. The molecule has 1 aromatic carbocycles. The molecule has 11 nitrogen and oxygen atoms in total. The summed E-state index contributed by atoms with van der Waals surface area (Å²) < 4.78 is 75.6. The molecule has 2 aliphatic heterocycles. The minimum Gasteiger partial charge on any atom is -0.468 e. The molecule has 3 aromatic rings. The number of ether oxygens (including phenoxy) is 1. The highest BCUT2D eigenvalue weighted by Crippen LogP contribution is 2.45. The standard InChI is InChI=1S/C28H32F3N7O4S/c1-42-26(39)27(9-10-27)43(40,41)34-19-5-8-23(24(17-19)36-13-3-2-4-14-36)38-18-22(33-35-38)21-7-6-20(29)25(32-21)37-15-11-28(30,31)12-16-37/h5-8,17-18,34H,2-4,9-16H2,1H3. The number of nitrogens with one attached hydrogen (secondary N) is 1. The van der Waals surface area contributed by atoms with Gasteiger partial charge in [0, 0.05) is 39.0 Å². The van der Waals surface area contributed by atoms with Gasteiger partial charge >= 0.3 is 5.97 Å². The Kier molecular flexibility index (Phi) is 7.47. The number of aromatic nitrogens is 4. The van der Waals surface area contributed by atoms with Crippen LogP contribution in [0.1, 0.15) is 44.9 Å². The van der Waals surface area contributed by atoms with Crippen molar-refractivity contribution in [3.05, 3.63) is 42.3 Å². The van der Waals surface area contributed by atoms with Crippen LogP contribution in [-0.2, 0) is 19.6 Å². The Hall–Kier alpha value is -3.88. The lowest BCUT2D eigenvalue weighted by Crippen LogP contribution is -2.40. The van der Waals surface area contributed by atoms with Gasteiger partial charge in [-0.25, -0.2) is 31.3 Å². The van der Waals surface area contributed by atoms with E-state index >= 15 is 0 Å². The number of rotatable bonds is 8. The van der Waals surface area contributed by atoms with Gasteiger partial charge in [0.05, 0.1) is 36.1 Å². The predicted molar refractivity (Wildman–Crippen MR) is 154 cm³/mol. The minimum absolute atomic E-state index is 0.00594. The van der Waals surface area contributed by atoms with E-state index in [1.54, 1.807) is 29.1 Å². The molecule has 1 N–H and O–H groups in total. The zero-order valence-corrected chi connectivity index (χ0v) is 24.4. The Morgan fingerprint density at radius 2 is 1.65 bits per heavy atom. The fraction of sp³-hybridized carbons (Fsp3) is 0.500. The highest BCUT2D eigenvalue weighted by Gasteiger charge is 2.62. The van der Waals surface area contributed by atoms with Crippen LogP contribution < -0.4 is 14.5 Å². The van der Waals surface area contributed by atoms with E-state index in [1.165, 1.54) is 24.1 Å². The monoisotopic (exact) mass is 619 g/mol. The maximum atomic E-state index is 14.7. The normalized spacial score (nSPS) is 19.6. The van der Waals surface area contributed by atoms with Crippen molar-refractivity contribution in [2.24, 2.45) is 0 Å². The second-order valence-electron chi connectivity index (χ2n) is 11.2. The van der Waals surface area contributed by atoms with Gasteiger partial charge in [0.15, 0.2) is 16.4 Å². The van der Waals surface area contributed by atoms with Crippen molar-refractivity contribution >= 4 is 33.2 Å². The van der Waals surface area contributed by atoms with Gasteiger partial charge in [-0.15, -0.1) is 5.10 Å². The highest BCUT2D eigenvalue weighted by atomic mass is 32.2. The lowest BCUT2D eigenvalue weighted by atomic mass is 10.1. The van der Waals surface area contributed by atoms with Gasteiger partial charge in [-0.2, -0.15) is 0 Å². The number of sulfonamides is 1. The summed E-state index contributed by atoms with van der Waals surface area (Å²) in [7, 11) is -2.88. The van der Waals surface area contributed by atoms with Gasteiger partial charge in [-0.3, -0.25) is 9.52 Å². The molecule has 2 saturated heterocycles. The molecular formula is C28H32F3N7O4S. The first-order valence-electron chi connectivity index (χ1n) is 14.2. The maximum Gasteiger partial charge on any atom is 0.329 e. The third-order valence-electron chi connectivity index (χ3n) is 8.32. The van der Waals surface area contributed by atoms with E-state index in [1.807, 2.05) is 0 Å². The highest BCUT2D eigenvalue weighted by molar-refractivity contribution is 7.95. The largest absolute Gasteiger partial charge is 0.468 e. The van der Waals surface area contributed by atoms with Crippen molar-refractivity contribution in [2.75, 3.05) is 47.8 Å². The molecule has 3 fully saturated rings. The van der Waals surface area contributed by atoms with Crippen molar-refractivity contribution in [1.82, 2.24) is 20.0 Å². The number of methoxy groups -OCH3 is 1. The second kappa shape index (κ2) is 11.0. The van der Waals surface area contributed by atoms with E-state index in [4.69, 9.17) is 4.74 Å². The van der Waals surface area contributed by atoms with Crippen molar-refractivity contribution in [3.8, 4) is 17.1 Å². The smallest absolute Gasteiger partial charge is 0.329 e. The van der Waals surface area contributed by atoms with Crippen LogP contribution in [0.2, 0.25) is 0 Å². The molecule has 0 bridgehead atoms. The summed E-state index contributed by atoms with van der Waals surface area (Å²) in [6, 6.07) is 7.73. The van der Waals surface area contributed by atoms with E-state index in [-0.39, 0.29) is 44.6 Å². The Morgan fingerprint density at radius 3 is 2.33 bits per heavy atom. The molecule has 2 aromatic heterocycles. The summed E-state index contributed by atoms with van der Waals surface area (Å²) in [4.78, 5) is 20.3. The van der Waals surface area contributed by atoms with Crippen LogP contribution in [-0.4, -0.2) is 78.3 Å². The second-order valence-corrected chi connectivity index (χ2v) is 13.2. The third-order valence-corrected chi connectivity index (χ3v) is 10.4. The number of nitrogens with zero attached hydrogens (tertiary/aromatic N) is 6. The Bertz CT molecular complexity index is 1630. The Labute approximate surface area is 247 Å². The van der Waals surface area contributed by atoms with E-state index in [0.29, 0.717) is 22.8 Å². The first-order chi connectivity index (χ1) is 20.5. The topological polar surface area (TPSA) is 123 Å². The van der Waals surface area contributed by atoms with Gasteiger partial charge in [0.1, 0.15) is 5.69 Å². The van der Waals surface area contributed by atoms with Gasteiger partial charge in [-0.1, -0.05) is 5.21 Å². The molecule has 0 spiro atoms. The van der Waals surface area contributed by atoms with Crippen molar-refractivity contribution in [2.45, 2.75) is 55.6 Å². The summed E-state index contributed by atoms with van der Waals surface area (Å²) in [6.07, 6.45) is 4.29. The number of halogens is 3. The van der Waals surface area contributed by atoms with Crippen LogP contribution in [0.4, 0.5) is 30.4 Å². The fourth-order valence-corrected chi connectivity index (χ4v) is 7.22. The number of benzene rings is 1. The van der Waals surface area contributed by atoms with Gasteiger partial charge in [0.2, 0.25) is 10.0 Å². The fourth-order valence-electron chi connectivity index (χ4n) is 5.64. The minimum atomic E-state index is -4.06. The van der Waals surface area contributed by atoms with Crippen LogP contribution >= 0.6 is 0 Å². The number of hydrogen-bond acceptors (Lipinski definition) is 9. The molecule has 43 heavy (non-hydrogen) atoms. The average Bonchev–Trinajstić information content (AvgIpc) is 3.69. The van der Waals surface area contributed by atoms with Crippen molar-refractivity contribution in [1.29, 1.82) is 0 Å². The molecule has 3 aliphatic rings. The molecule has 0 atom stereocenters. The van der Waals surface area contributed by atoms with Crippen LogP contribution in [0.15, 0.2) is 36.5 Å². The summed E-state index contributed by atoms with van der Waals surface area (Å²) >= 11 is 0. The van der Waals surface area contributed by atoms with Crippen LogP contribution in [0, 0.1) is 5.82 Å². The zero-order chi connectivity index (χ0) is 30.4. The van der Waals surface area contributed by atoms with Gasteiger partial charge < -0.3 is 14.5 Å². The molecule has 0 amide bonds. The maximum absolute atomic E-state index is 14.7. The average molecular weight is 620 g/mol. The van der Waals surface area contributed by atoms with Crippen molar-refractivity contribution in [3.63, 3.8) is 0 Å². The molecule has 6 rings (SSSR count). The lowest BCUT2D eigenvalue weighted by Gasteiger charge is -2.32. The first-order valence-corrected chi connectivity index (χ1v) is 15.7. The van der Waals surface area contributed by atoms with E-state index in [0.717, 1.165) is 38.0 Å². The summed E-state index contributed by atoms with van der Waals surface area (Å²) in [6.45, 7) is 1.50. The molecule has 0 unspecified atom stereocenters.